The van der Waals surface area contributed by atoms with Crippen molar-refractivity contribution in [3.05, 3.63) is 62.7 Å². The normalized spacial score (nSPS) is 10.9. The van der Waals surface area contributed by atoms with Crippen LogP contribution < -0.4 is 0 Å². The molecule has 0 amide bonds. The zero-order chi connectivity index (χ0) is 14.3. The van der Waals surface area contributed by atoms with Crippen molar-refractivity contribution in [3.8, 4) is 0 Å². The van der Waals surface area contributed by atoms with Gasteiger partial charge in [0.2, 0.25) is 5.78 Å². The van der Waals surface area contributed by atoms with Crippen molar-refractivity contribution in [2.75, 3.05) is 0 Å². The number of carbonyl (C=O) groups excluding carboxylic acids is 1. The lowest BCUT2D eigenvalue weighted by molar-refractivity contribution is 0.102. The average molecular weight is 371 g/mol. The van der Waals surface area contributed by atoms with Gasteiger partial charge >= 0.3 is 0 Å². The number of hydrogen-bond acceptors (Lipinski definition) is 3. The Morgan fingerprint density at radius 1 is 1.20 bits per heavy atom. The van der Waals surface area contributed by atoms with Crippen molar-refractivity contribution in [2.24, 2.45) is 0 Å². The summed E-state index contributed by atoms with van der Waals surface area (Å²) in [6.07, 6.45) is 3.33. The van der Waals surface area contributed by atoms with E-state index in [4.69, 9.17) is 23.2 Å². The molecule has 2 heterocycles. The molecule has 0 radical (unpaired) electrons. The second-order valence-electron chi connectivity index (χ2n) is 3.97. The molecule has 3 rings (SSSR count). The minimum atomic E-state index is -0.352. The number of fused-ring (bicyclic) bond motifs is 1. The van der Waals surface area contributed by atoms with Crippen LogP contribution in [0.5, 0.6) is 0 Å². The van der Waals surface area contributed by atoms with E-state index in [0.29, 0.717) is 20.3 Å². The van der Waals surface area contributed by atoms with Gasteiger partial charge in [0.25, 0.3) is 0 Å². The first-order valence-electron chi connectivity index (χ1n) is 5.57. The monoisotopic (exact) mass is 369 g/mol. The lowest BCUT2D eigenvalue weighted by Crippen LogP contribution is -2.08. The first-order valence-corrected chi connectivity index (χ1v) is 7.12. The Hall–Kier alpha value is -1.43. The van der Waals surface area contributed by atoms with Crippen LogP contribution in [-0.4, -0.2) is 20.2 Å². The van der Waals surface area contributed by atoms with Gasteiger partial charge in [-0.2, -0.15) is 0 Å². The summed E-state index contributed by atoms with van der Waals surface area (Å²) in [6, 6.07) is 6.63. The number of ketones is 1. The molecule has 0 saturated carbocycles. The molecule has 0 aliphatic rings. The molecule has 1 aromatic carbocycles. The number of aromatic nitrogens is 3. The average Bonchev–Trinajstić information content (AvgIpc) is 2.76. The fourth-order valence-corrected chi connectivity index (χ4v) is 2.91. The van der Waals surface area contributed by atoms with E-state index in [2.05, 4.69) is 25.9 Å². The summed E-state index contributed by atoms with van der Waals surface area (Å²) in [7, 11) is 0. The van der Waals surface area contributed by atoms with Gasteiger partial charge in [0.15, 0.2) is 16.1 Å². The van der Waals surface area contributed by atoms with Crippen molar-refractivity contribution < 1.29 is 4.79 Å². The zero-order valence-corrected chi connectivity index (χ0v) is 12.9. The molecule has 100 valence electrons. The van der Waals surface area contributed by atoms with E-state index in [0.717, 1.165) is 0 Å². The Kier molecular flexibility index (Phi) is 3.50. The first kappa shape index (κ1) is 13.5. The molecule has 20 heavy (non-hydrogen) atoms. The third kappa shape index (κ3) is 2.12. The maximum atomic E-state index is 12.6. The fourth-order valence-electron chi connectivity index (χ4n) is 1.88. The lowest BCUT2D eigenvalue weighted by atomic mass is 10.1. The Morgan fingerprint density at radius 2 is 1.90 bits per heavy atom. The predicted octanol–water partition coefficient (Wildman–Crippen LogP) is 4.03. The van der Waals surface area contributed by atoms with E-state index in [9.17, 15) is 4.79 Å². The Morgan fingerprint density at radius 3 is 2.60 bits per heavy atom. The molecule has 2 aromatic heterocycles. The van der Waals surface area contributed by atoms with Crippen molar-refractivity contribution in [2.45, 2.75) is 0 Å². The van der Waals surface area contributed by atoms with Gasteiger partial charge in [-0.3, -0.25) is 9.20 Å². The number of rotatable bonds is 2. The van der Waals surface area contributed by atoms with Gasteiger partial charge < -0.3 is 0 Å². The van der Waals surface area contributed by atoms with Crippen LogP contribution >= 0.6 is 39.1 Å². The quantitative estimate of drug-likeness (QED) is 0.640. The van der Waals surface area contributed by atoms with Crippen LogP contribution in [0.1, 0.15) is 16.2 Å². The molecule has 3 aromatic rings. The van der Waals surface area contributed by atoms with E-state index in [1.165, 1.54) is 0 Å². The van der Waals surface area contributed by atoms with E-state index in [-0.39, 0.29) is 17.2 Å². The summed E-state index contributed by atoms with van der Waals surface area (Å²) in [5, 5.41) is 0.582. The summed E-state index contributed by atoms with van der Waals surface area (Å²) in [5.74, 6) is -0.149. The lowest BCUT2D eigenvalue weighted by Gasteiger charge is -2.04. The van der Waals surface area contributed by atoms with Crippen LogP contribution in [0.3, 0.4) is 0 Å². The molecule has 0 fully saturated rings. The number of nitrogens with zero attached hydrogens (tertiary/aromatic N) is 3. The van der Waals surface area contributed by atoms with Crippen LogP contribution in [0.15, 0.2) is 41.3 Å². The highest BCUT2D eigenvalue weighted by molar-refractivity contribution is 9.10. The van der Waals surface area contributed by atoms with Gasteiger partial charge in [0.05, 0.1) is 15.6 Å². The molecule has 0 atom stereocenters. The van der Waals surface area contributed by atoms with Crippen molar-refractivity contribution in [1.82, 2.24) is 14.4 Å². The van der Waals surface area contributed by atoms with Gasteiger partial charge in [-0.1, -0.05) is 29.3 Å². The van der Waals surface area contributed by atoms with E-state index in [1.54, 1.807) is 41.1 Å². The smallest absolute Gasteiger partial charge is 0.231 e. The Bertz CT molecular complexity index is 811. The highest BCUT2D eigenvalue weighted by Gasteiger charge is 2.22. The van der Waals surface area contributed by atoms with Gasteiger partial charge in [0, 0.05) is 12.4 Å². The molecule has 0 aliphatic carbocycles. The molecule has 0 spiro atoms. The largest absolute Gasteiger partial charge is 0.285 e. The van der Waals surface area contributed by atoms with Crippen molar-refractivity contribution in [3.63, 3.8) is 0 Å². The van der Waals surface area contributed by atoms with Crippen LogP contribution in [0, 0.1) is 0 Å². The summed E-state index contributed by atoms with van der Waals surface area (Å²) >= 11 is 15.4. The predicted molar refractivity (Wildman–Crippen MR) is 80.6 cm³/mol. The third-order valence-corrected chi connectivity index (χ3v) is 3.92. The van der Waals surface area contributed by atoms with Gasteiger partial charge in [-0.15, -0.1) is 0 Å². The van der Waals surface area contributed by atoms with Crippen molar-refractivity contribution >= 4 is 50.6 Å². The molecular weight excluding hydrogens is 365 g/mol. The summed E-state index contributed by atoms with van der Waals surface area (Å²) in [5.41, 5.74) is 0.790. The highest BCUT2D eigenvalue weighted by Crippen LogP contribution is 2.27. The highest BCUT2D eigenvalue weighted by atomic mass is 79.9. The molecular formula is C13H6BrCl2N3O. The topological polar surface area (TPSA) is 47.3 Å². The summed E-state index contributed by atoms with van der Waals surface area (Å²) in [4.78, 5) is 21.0. The first-order chi connectivity index (χ1) is 9.59. The van der Waals surface area contributed by atoms with Gasteiger partial charge in [0.1, 0.15) is 0 Å². The molecule has 0 unspecified atom stereocenters. The molecule has 0 N–H and O–H groups in total. The Balaban J connectivity index is 2.24. The van der Waals surface area contributed by atoms with E-state index in [1.807, 2.05) is 0 Å². The molecule has 7 heteroatoms. The maximum absolute atomic E-state index is 12.6. The van der Waals surface area contributed by atoms with Crippen LogP contribution in [0.4, 0.5) is 0 Å². The van der Waals surface area contributed by atoms with Crippen LogP contribution in [-0.2, 0) is 0 Å². The standard InChI is InChI=1S/C13H6BrCl2N3O/c14-11-13-17-5-2-6-19(13)12(18-11)10(20)9-7(15)3-1-4-8(9)16/h1-6H. The SMILES string of the molecule is O=C(c1c(Cl)cccc1Cl)c1nc(Br)c2ncccn12. The maximum Gasteiger partial charge on any atom is 0.231 e. The fraction of sp³-hybridized carbons (Fsp3) is 0. The molecule has 0 saturated heterocycles. The number of hydrogen-bond donors (Lipinski definition) is 0. The molecule has 0 bridgehead atoms. The second-order valence-corrected chi connectivity index (χ2v) is 5.53. The number of carbonyl (C=O) groups is 1. The van der Waals surface area contributed by atoms with Crippen LogP contribution in [0.25, 0.3) is 5.65 Å². The Labute approximate surface area is 132 Å². The molecule has 0 aliphatic heterocycles. The number of imidazole rings is 1. The van der Waals surface area contributed by atoms with Crippen molar-refractivity contribution in [1.29, 1.82) is 0 Å². The minimum absolute atomic E-state index is 0.204. The third-order valence-electron chi connectivity index (χ3n) is 2.76. The zero-order valence-electron chi connectivity index (χ0n) is 9.85. The van der Waals surface area contributed by atoms with E-state index >= 15 is 0 Å². The molecule has 4 nitrogen and oxygen atoms in total. The van der Waals surface area contributed by atoms with Crippen LogP contribution in [0.2, 0.25) is 10.0 Å². The second kappa shape index (κ2) is 5.16. The summed E-state index contributed by atoms with van der Waals surface area (Å²) in [6.45, 7) is 0. The van der Waals surface area contributed by atoms with E-state index < -0.39 is 0 Å². The number of halogens is 3. The number of benzene rings is 1. The summed E-state index contributed by atoms with van der Waals surface area (Å²) < 4.78 is 2.08. The minimum Gasteiger partial charge on any atom is -0.285 e. The van der Waals surface area contributed by atoms with Gasteiger partial charge in [-0.05, 0) is 34.1 Å². The van der Waals surface area contributed by atoms with Gasteiger partial charge in [-0.25, -0.2) is 9.97 Å².